The van der Waals surface area contributed by atoms with Gasteiger partial charge >= 0.3 is 0 Å². The van der Waals surface area contributed by atoms with Crippen molar-refractivity contribution in [1.82, 2.24) is 0 Å². The monoisotopic (exact) mass is 147 g/mol. The summed E-state index contributed by atoms with van der Waals surface area (Å²) in [5, 5.41) is 0. The molecule has 1 aromatic carbocycles. The van der Waals surface area contributed by atoms with Gasteiger partial charge in [0.15, 0.2) is 0 Å². The van der Waals surface area contributed by atoms with Gasteiger partial charge in [0.1, 0.15) is 0 Å². The molecule has 0 N–H and O–H groups in total. The van der Waals surface area contributed by atoms with Crippen LogP contribution in [0.5, 0.6) is 0 Å². The molecule has 1 radical (unpaired) electrons. The first-order valence-corrected chi connectivity index (χ1v) is 4.25. The van der Waals surface area contributed by atoms with Crippen molar-refractivity contribution < 1.29 is 0 Å². The van der Waals surface area contributed by atoms with Gasteiger partial charge in [-0.25, -0.2) is 0 Å². The van der Waals surface area contributed by atoms with Gasteiger partial charge in [0.2, 0.25) is 0 Å². The summed E-state index contributed by atoms with van der Waals surface area (Å²) in [4.78, 5) is 1.38. The van der Waals surface area contributed by atoms with Crippen molar-refractivity contribution in [3.63, 3.8) is 0 Å². The largest absolute Gasteiger partial charge is 0.121 e. The Morgan fingerprint density at radius 3 is 3.40 bits per heavy atom. The molecule has 0 aliphatic carbocycles. The average Bonchev–Trinajstić information content (AvgIpc) is 2.05. The number of rotatable bonds is 0. The molecule has 0 fully saturated rings. The van der Waals surface area contributed by atoms with Gasteiger partial charge in [0.25, 0.3) is 0 Å². The SMILES string of the molecule is [c]1ccc2c(c1)C=CCS2. The number of benzene rings is 1. The minimum Gasteiger partial charge on any atom is -0.121 e. The predicted molar refractivity (Wildman–Crippen MR) is 45.0 cm³/mol. The Morgan fingerprint density at radius 1 is 1.50 bits per heavy atom. The third-order valence-electron chi connectivity index (χ3n) is 1.49. The van der Waals surface area contributed by atoms with E-state index in [1.165, 1.54) is 10.5 Å². The fraction of sp³-hybridized carbons (Fsp3) is 0.111. The van der Waals surface area contributed by atoms with Gasteiger partial charge in [-0.2, -0.15) is 0 Å². The number of fused-ring (bicyclic) bond motifs is 1. The van der Waals surface area contributed by atoms with Gasteiger partial charge in [0.05, 0.1) is 0 Å². The van der Waals surface area contributed by atoms with Crippen molar-refractivity contribution in [2.75, 3.05) is 5.75 Å². The zero-order chi connectivity index (χ0) is 6.81. The van der Waals surface area contributed by atoms with Crippen LogP contribution in [-0.4, -0.2) is 5.75 Å². The molecule has 10 heavy (non-hydrogen) atoms. The van der Waals surface area contributed by atoms with Gasteiger partial charge in [-0.3, -0.25) is 0 Å². The first-order valence-electron chi connectivity index (χ1n) is 3.26. The summed E-state index contributed by atoms with van der Waals surface area (Å²) in [7, 11) is 0. The Morgan fingerprint density at radius 2 is 2.50 bits per heavy atom. The molecule has 1 aliphatic rings. The average molecular weight is 147 g/mol. The molecule has 0 bridgehead atoms. The Kier molecular flexibility index (Phi) is 1.52. The molecule has 1 heterocycles. The lowest BCUT2D eigenvalue weighted by molar-refractivity contribution is 1.40. The lowest BCUT2D eigenvalue weighted by Crippen LogP contribution is -1.85. The van der Waals surface area contributed by atoms with Gasteiger partial charge in [0, 0.05) is 10.6 Å². The lowest BCUT2D eigenvalue weighted by Gasteiger charge is -2.07. The molecule has 0 nitrogen and oxygen atoms in total. The zero-order valence-electron chi connectivity index (χ0n) is 5.50. The van der Waals surface area contributed by atoms with E-state index in [1.807, 2.05) is 23.9 Å². The van der Waals surface area contributed by atoms with E-state index >= 15 is 0 Å². The standard InChI is InChI=1S/C9H7S/c1-2-6-9-8(4-1)5-3-7-10-9/h2-6H,7H2. The van der Waals surface area contributed by atoms with Crippen molar-refractivity contribution in [3.8, 4) is 0 Å². The molecule has 1 heteroatoms. The molecule has 0 amide bonds. The van der Waals surface area contributed by atoms with Crippen LogP contribution < -0.4 is 0 Å². The number of hydrogen-bond acceptors (Lipinski definition) is 1. The van der Waals surface area contributed by atoms with Crippen LogP contribution in [0.15, 0.2) is 29.2 Å². The van der Waals surface area contributed by atoms with Gasteiger partial charge in [-0.1, -0.05) is 18.2 Å². The fourth-order valence-corrected chi connectivity index (χ4v) is 1.83. The van der Waals surface area contributed by atoms with E-state index in [-0.39, 0.29) is 0 Å². The van der Waals surface area contributed by atoms with Gasteiger partial charge in [-0.15, -0.1) is 11.8 Å². The Hall–Kier alpha value is -0.690. The number of hydrogen-bond donors (Lipinski definition) is 0. The maximum atomic E-state index is 3.06. The molecule has 0 atom stereocenters. The first kappa shape index (κ1) is 6.05. The summed E-state index contributed by atoms with van der Waals surface area (Å²) in [5.41, 5.74) is 1.30. The van der Waals surface area contributed by atoms with E-state index in [1.54, 1.807) is 0 Å². The smallest absolute Gasteiger partial charge is 0.0164 e. The minimum atomic E-state index is 1.11. The van der Waals surface area contributed by atoms with Crippen LogP contribution in [0.3, 0.4) is 0 Å². The molecule has 1 aliphatic heterocycles. The molecule has 2 rings (SSSR count). The first-order chi connectivity index (χ1) is 4.97. The van der Waals surface area contributed by atoms with E-state index in [2.05, 4.69) is 24.3 Å². The molecular formula is C9H7S. The van der Waals surface area contributed by atoms with Crippen molar-refractivity contribution in [1.29, 1.82) is 0 Å². The van der Waals surface area contributed by atoms with Crippen LogP contribution in [0.1, 0.15) is 5.56 Å². The topological polar surface area (TPSA) is 0 Å². The highest BCUT2D eigenvalue weighted by Gasteiger charge is 2.01. The summed E-state index contributed by atoms with van der Waals surface area (Å²) in [5.74, 6) is 1.11. The van der Waals surface area contributed by atoms with Crippen LogP contribution in [0, 0.1) is 6.07 Å². The minimum absolute atomic E-state index is 1.11. The molecule has 0 saturated heterocycles. The normalized spacial score (nSPS) is 14.8. The van der Waals surface area contributed by atoms with E-state index < -0.39 is 0 Å². The Bertz CT molecular complexity index is 263. The summed E-state index contributed by atoms with van der Waals surface area (Å²) < 4.78 is 0. The summed E-state index contributed by atoms with van der Waals surface area (Å²) in [6.45, 7) is 0. The second-order valence-electron chi connectivity index (χ2n) is 2.18. The van der Waals surface area contributed by atoms with Gasteiger partial charge < -0.3 is 0 Å². The van der Waals surface area contributed by atoms with E-state index in [0.29, 0.717) is 0 Å². The Labute approximate surface area is 65.0 Å². The second-order valence-corrected chi connectivity index (χ2v) is 3.24. The maximum absolute atomic E-state index is 3.06. The van der Waals surface area contributed by atoms with Crippen LogP contribution in [0.25, 0.3) is 6.08 Å². The Balaban J connectivity index is 2.54. The highest BCUT2D eigenvalue weighted by Crippen LogP contribution is 2.27. The van der Waals surface area contributed by atoms with E-state index in [0.717, 1.165) is 5.75 Å². The third-order valence-corrected chi connectivity index (χ3v) is 2.53. The third kappa shape index (κ3) is 0.971. The molecule has 0 unspecified atom stereocenters. The fourth-order valence-electron chi connectivity index (χ4n) is 1.00. The zero-order valence-corrected chi connectivity index (χ0v) is 6.32. The molecule has 0 aromatic heterocycles. The maximum Gasteiger partial charge on any atom is 0.0164 e. The molecular weight excluding hydrogens is 140 g/mol. The molecule has 0 spiro atoms. The van der Waals surface area contributed by atoms with Crippen molar-refractivity contribution in [3.05, 3.63) is 35.9 Å². The summed E-state index contributed by atoms with van der Waals surface area (Å²) in [6, 6.07) is 9.16. The summed E-state index contributed by atoms with van der Waals surface area (Å²) in [6.07, 6.45) is 4.34. The van der Waals surface area contributed by atoms with Crippen molar-refractivity contribution >= 4 is 17.8 Å². The molecule has 49 valence electrons. The lowest BCUT2D eigenvalue weighted by atomic mass is 10.2. The van der Waals surface area contributed by atoms with Crippen LogP contribution >= 0.6 is 11.8 Å². The second kappa shape index (κ2) is 2.51. The molecule has 0 saturated carbocycles. The van der Waals surface area contributed by atoms with E-state index in [4.69, 9.17) is 0 Å². The van der Waals surface area contributed by atoms with E-state index in [9.17, 15) is 0 Å². The summed E-state index contributed by atoms with van der Waals surface area (Å²) >= 11 is 1.88. The number of thioether (sulfide) groups is 1. The van der Waals surface area contributed by atoms with Crippen molar-refractivity contribution in [2.24, 2.45) is 0 Å². The highest BCUT2D eigenvalue weighted by molar-refractivity contribution is 7.99. The van der Waals surface area contributed by atoms with Gasteiger partial charge in [-0.05, 0) is 23.8 Å². The van der Waals surface area contributed by atoms with Crippen molar-refractivity contribution in [2.45, 2.75) is 4.90 Å². The predicted octanol–water partition coefficient (Wildman–Crippen LogP) is 2.61. The molecule has 1 aromatic rings. The van der Waals surface area contributed by atoms with Crippen LogP contribution in [0.4, 0.5) is 0 Å². The highest BCUT2D eigenvalue weighted by atomic mass is 32.2. The van der Waals surface area contributed by atoms with Crippen LogP contribution in [0.2, 0.25) is 0 Å². The quantitative estimate of drug-likeness (QED) is 0.543. The van der Waals surface area contributed by atoms with Crippen LogP contribution in [-0.2, 0) is 0 Å².